The molecule has 0 bridgehead atoms. The number of rotatable bonds is 6. The predicted molar refractivity (Wildman–Crippen MR) is 93.9 cm³/mol. The number of alkyl halides is 3. The van der Waals surface area contributed by atoms with E-state index in [-0.39, 0.29) is 13.0 Å². The highest BCUT2D eigenvalue weighted by Gasteiger charge is 2.65. The summed E-state index contributed by atoms with van der Waals surface area (Å²) in [6, 6.07) is 11.1. The number of methoxy groups -OCH3 is 1. The van der Waals surface area contributed by atoms with E-state index in [9.17, 15) is 22.8 Å². The highest BCUT2D eigenvalue weighted by atomic mass is 19.4. The number of hydrogen-bond acceptors (Lipinski definition) is 5. The molecule has 2 N–H and O–H groups in total. The summed E-state index contributed by atoms with van der Waals surface area (Å²) < 4.78 is 48.3. The van der Waals surface area contributed by atoms with Gasteiger partial charge < -0.3 is 9.47 Å². The van der Waals surface area contributed by atoms with Crippen molar-refractivity contribution < 1.29 is 37.4 Å². The first-order valence-electron chi connectivity index (χ1n) is 8.64. The molecule has 2 aromatic rings. The van der Waals surface area contributed by atoms with Gasteiger partial charge in [-0.1, -0.05) is 24.3 Å². The molecule has 9 heteroatoms. The van der Waals surface area contributed by atoms with Gasteiger partial charge in [-0.15, -0.1) is 0 Å². The summed E-state index contributed by atoms with van der Waals surface area (Å²) in [6.45, 7) is 0.0212. The van der Waals surface area contributed by atoms with E-state index < -0.39 is 34.9 Å². The van der Waals surface area contributed by atoms with Gasteiger partial charge in [0.2, 0.25) is 5.91 Å². The van der Waals surface area contributed by atoms with Gasteiger partial charge >= 0.3 is 12.1 Å². The van der Waals surface area contributed by atoms with Crippen LogP contribution in [0.5, 0.6) is 5.75 Å². The first kappa shape index (κ1) is 20.7. The molecule has 2 aromatic carbocycles. The van der Waals surface area contributed by atoms with Crippen molar-refractivity contribution >= 4 is 11.9 Å². The van der Waals surface area contributed by atoms with Crippen molar-refractivity contribution in [1.29, 1.82) is 0 Å². The standard InChI is InChI=1S/C20H18F3NO5/c1-28-18(26)19(10-16(19)17(25)24-27)14-3-2-4-15(9-14)29-11-12-5-7-13(8-6-12)20(21,22)23/h2-9,16,27H,10-11H2,1H3,(H,24,25)/t16-,19-/m0/s1. The number of amides is 1. The average Bonchev–Trinajstić information content (AvgIpc) is 3.48. The Labute approximate surface area is 164 Å². The van der Waals surface area contributed by atoms with E-state index in [1.54, 1.807) is 29.7 Å². The molecule has 154 valence electrons. The summed E-state index contributed by atoms with van der Waals surface area (Å²) in [7, 11) is 1.21. The van der Waals surface area contributed by atoms with Crippen molar-refractivity contribution in [3.63, 3.8) is 0 Å². The Kier molecular flexibility index (Phi) is 5.52. The van der Waals surface area contributed by atoms with E-state index in [0.29, 0.717) is 16.9 Å². The second-order valence-corrected chi connectivity index (χ2v) is 6.71. The van der Waals surface area contributed by atoms with Crippen LogP contribution in [0.4, 0.5) is 13.2 Å². The maximum absolute atomic E-state index is 12.6. The molecule has 0 unspecified atom stereocenters. The molecule has 1 saturated carbocycles. The maximum Gasteiger partial charge on any atom is 0.416 e. The molecular formula is C20H18F3NO5. The van der Waals surface area contributed by atoms with Gasteiger partial charge in [0.05, 0.1) is 18.6 Å². The summed E-state index contributed by atoms with van der Waals surface area (Å²) in [5, 5.41) is 8.87. The number of nitrogens with one attached hydrogen (secondary N) is 1. The molecule has 1 amide bonds. The molecule has 1 aliphatic carbocycles. The Morgan fingerprint density at radius 2 is 1.90 bits per heavy atom. The van der Waals surface area contributed by atoms with Gasteiger partial charge in [-0.05, 0) is 41.8 Å². The van der Waals surface area contributed by atoms with Crippen LogP contribution in [0.1, 0.15) is 23.1 Å². The zero-order chi connectivity index (χ0) is 21.2. The minimum atomic E-state index is -4.41. The second-order valence-electron chi connectivity index (χ2n) is 6.71. The lowest BCUT2D eigenvalue weighted by atomic mass is 9.92. The summed E-state index contributed by atoms with van der Waals surface area (Å²) in [4.78, 5) is 24.1. The van der Waals surface area contributed by atoms with E-state index >= 15 is 0 Å². The van der Waals surface area contributed by atoms with Gasteiger partial charge in [0.25, 0.3) is 0 Å². The summed E-state index contributed by atoms with van der Waals surface area (Å²) in [5.74, 6) is -1.69. The largest absolute Gasteiger partial charge is 0.489 e. The molecule has 29 heavy (non-hydrogen) atoms. The topological polar surface area (TPSA) is 84.9 Å². The van der Waals surface area contributed by atoms with Crippen LogP contribution in [0.2, 0.25) is 0 Å². The van der Waals surface area contributed by atoms with Crippen LogP contribution in [-0.2, 0) is 32.5 Å². The highest BCUT2D eigenvalue weighted by Crippen LogP contribution is 2.55. The highest BCUT2D eigenvalue weighted by molar-refractivity contribution is 5.97. The third kappa shape index (κ3) is 4.04. The van der Waals surface area contributed by atoms with Gasteiger partial charge in [-0.2, -0.15) is 13.2 Å². The smallest absolute Gasteiger partial charge is 0.416 e. The van der Waals surface area contributed by atoms with Crippen LogP contribution in [0, 0.1) is 5.92 Å². The fourth-order valence-electron chi connectivity index (χ4n) is 3.32. The van der Waals surface area contributed by atoms with Gasteiger partial charge in [-0.3, -0.25) is 14.8 Å². The van der Waals surface area contributed by atoms with Crippen LogP contribution in [0.15, 0.2) is 48.5 Å². The van der Waals surface area contributed by atoms with Crippen LogP contribution in [0.25, 0.3) is 0 Å². The lowest BCUT2D eigenvalue weighted by molar-refractivity contribution is -0.146. The van der Waals surface area contributed by atoms with Gasteiger partial charge in [-0.25, -0.2) is 5.48 Å². The third-order valence-electron chi connectivity index (χ3n) is 4.97. The van der Waals surface area contributed by atoms with E-state index in [1.165, 1.54) is 19.2 Å². The Morgan fingerprint density at radius 1 is 1.21 bits per heavy atom. The SMILES string of the molecule is COC(=O)[C@]1(c2cccc(OCc3ccc(C(F)(F)F)cc3)c2)C[C@H]1C(=O)NO. The molecule has 0 aromatic heterocycles. The van der Waals surface area contributed by atoms with Crippen molar-refractivity contribution in [2.75, 3.05) is 7.11 Å². The molecule has 0 radical (unpaired) electrons. The number of hydroxylamine groups is 1. The number of esters is 1. The average molecular weight is 409 g/mol. The Hall–Kier alpha value is -3.07. The van der Waals surface area contributed by atoms with E-state index in [0.717, 1.165) is 12.1 Å². The number of carbonyl (C=O) groups excluding carboxylic acids is 2. The van der Waals surface area contributed by atoms with Crippen LogP contribution < -0.4 is 10.2 Å². The molecule has 0 saturated heterocycles. The summed E-state index contributed by atoms with van der Waals surface area (Å²) >= 11 is 0. The second kappa shape index (κ2) is 7.75. The van der Waals surface area contributed by atoms with Gasteiger partial charge in [0.1, 0.15) is 17.8 Å². The van der Waals surface area contributed by atoms with Crippen LogP contribution in [0.3, 0.4) is 0 Å². The molecule has 6 nitrogen and oxygen atoms in total. The van der Waals surface area contributed by atoms with Crippen molar-refractivity contribution in [2.24, 2.45) is 5.92 Å². The molecule has 1 fully saturated rings. The molecule has 0 spiro atoms. The third-order valence-corrected chi connectivity index (χ3v) is 4.97. The predicted octanol–water partition coefficient (Wildman–Crippen LogP) is 3.22. The fraction of sp³-hybridized carbons (Fsp3) is 0.300. The molecule has 3 rings (SSSR count). The lowest BCUT2D eigenvalue weighted by Crippen LogP contribution is -2.31. The first-order valence-corrected chi connectivity index (χ1v) is 8.64. The molecule has 1 aliphatic rings. The van der Waals surface area contributed by atoms with E-state index in [2.05, 4.69) is 0 Å². The Bertz CT molecular complexity index is 913. The minimum Gasteiger partial charge on any atom is -0.489 e. The minimum absolute atomic E-state index is 0.0212. The van der Waals surface area contributed by atoms with E-state index in [4.69, 9.17) is 14.7 Å². The number of ether oxygens (including phenoxy) is 2. The summed E-state index contributed by atoms with van der Waals surface area (Å²) in [5.41, 5.74) is 0.616. The number of hydrogen-bond donors (Lipinski definition) is 2. The molecule has 0 aliphatic heterocycles. The van der Waals surface area contributed by atoms with Crippen LogP contribution in [-0.4, -0.2) is 24.2 Å². The zero-order valence-electron chi connectivity index (χ0n) is 15.3. The van der Waals surface area contributed by atoms with Crippen LogP contribution >= 0.6 is 0 Å². The zero-order valence-corrected chi connectivity index (χ0v) is 15.3. The summed E-state index contributed by atoms with van der Waals surface area (Å²) in [6.07, 6.45) is -4.23. The van der Waals surface area contributed by atoms with Crippen molar-refractivity contribution in [2.45, 2.75) is 24.6 Å². The Balaban J connectivity index is 1.76. The number of benzene rings is 2. The Morgan fingerprint density at radius 3 is 2.48 bits per heavy atom. The lowest BCUT2D eigenvalue weighted by Gasteiger charge is -2.16. The normalized spacial score (nSPS) is 20.7. The van der Waals surface area contributed by atoms with Crippen molar-refractivity contribution in [3.8, 4) is 5.75 Å². The van der Waals surface area contributed by atoms with Gasteiger partial charge in [0.15, 0.2) is 0 Å². The number of carbonyl (C=O) groups is 2. The van der Waals surface area contributed by atoms with Crippen molar-refractivity contribution in [1.82, 2.24) is 5.48 Å². The molecule has 0 heterocycles. The molecule has 2 atom stereocenters. The van der Waals surface area contributed by atoms with Gasteiger partial charge in [0, 0.05) is 0 Å². The maximum atomic E-state index is 12.6. The monoisotopic (exact) mass is 409 g/mol. The number of halogens is 3. The first-order chi connectivity index (χ1) is 13.7. The molecular weight excluding hydrogens is 391 g/mol. The van der Waals surface area contributed by atoms with E-state index in [1.807, 2.05) is 0 Å². The van der Waals surface area contributed by atoms with Crippen molar-refractivity contribution in [3.05, 3.63) is 65.2 Å². The fourth-order valence-corrected chi connectivity index (χ4v) is 3.32. The quantitative estimate of drug-likeness (QED) is 0.435.